The van der Waals surface area contributed by atoms with Crippen LogP contribution in [0.2, 0.25) is 5.02 Å². The molecule has 0 atom stereocenters. The molecule has 108 valence electrons. The molecule has 1 saturated carbocycles. The highest BCUT2D eigenvalue weighted by molar-refractivity contribution is 6.32. The zero-order valence-electron chi connectivity index (χ0n) is 10.9. The molecule has 7 heteroatoms. The number of carboxylic acids is 1. The molecule has 1 aromatic carbocycles. The predicted molar refractivity (Wildman–Crippen MR) is 74.4 cm³/mol. The number of amides is 2. The third kappa shape index (κ3) is 2.80. The number of carbonyl (C=O) groups is 2. The summed E-state index contributed by atoms with van der Waals surface area (Å²) in [7, 11) is 1.47. The molecule has 0 saturated heterocycles. The van der Waals surface area contributed by atoms with E-state index >= 15 is 0 Å². The van der Waals surface area contributed by atoms with Crippen molar-refractivity contribution in [1.82, 2.24) is 5.32 Å². The zero-order valence-corrected chi connectivity index (χ0v) is 11.7. The predicted octanol–water partition coefficient (Wildman–Crippen LogP) is 2.48. The minimum Gasteiger partial charge on any atom is -0.495 e. The highest BCUT2D eigenvalue weighted by Crippen LogP contribution is 2.32. The molecule has 3 N–H and O–H groups in total. The Labute approximate surface area is 121 Å². The standard InChI is InChI=1S/C13H15ClN2O4/c1-20-10-7-8(3-4-9(10)14)15-12(19)16-13(11(17)18)5-2-6-13/h3-4,7H,2,5-6H2,1H3,(H,17,18)(H2,15,16,19). The van der Waals surface area contributed by atoms with Crippen LogP contribution in [0.3, 0.4) is 0 Å². The van der Waals surface area contributed by atoms with Crippen molar-refractivity contribution in [3.8, 4) is 5.75 Å². The van der Waals surface area contributed by atoms with Crippen molar-refractivity contribution in [3.63, 3.8) is 0 Å². The fraction of sp³-hybridized carbons (Fsp3) is 0.385. The minimum absolute atomic E-state index is 0.430. The smallest absolute Gasteiger partial charge is 0.329 e. The third-order valence-corrected chi connectivity index (χ3v) is 3.69. The van der Waals surface area contributed by atoms with Crippen LogP contribution in [0.25, 0.3) is 0 Å². The summed E-state index contributed by atoms with van der Waals surface area (Å²) >= 11 is 5.88. The Morgan fingerprint density at radius 2 is 2.10 bits per heavy atom. The largest absolute Gasteiger partial charge is 0.495 e. The van der Waals surface area contributed by atoms with Gasteiger partial charge in [0, 0.05) is 11.8 Å². The molecule has 1 aromatic rings. The first kappa shape index (κ1) is 14.5. The molecule has 1 fully saturated rings. The monoisotopic (exact) mass is 298 g/mol. The van der Waals surface area contributed by atoms with E-state index in [2.05, 4.69) is 10.6 Å². The van der Waals surface area contributed by atoms with Gasteiger partial charge in [0.05, 0.1) is 12.1 Å². The van der Waals surface area contributed by atoms with Crippen LogP contribution >= 0.6 is 11.6 Å². The molecule has 20 heavy (non-hydrogen) atoms. The number of rotatable bonds is 4. The van der Waals surface area contributed by atoms with Crippen LogP contribution in [0, 0.1) is 0 Å². The fourth-order valence-corrected chi connectivity index (χ4v) is 2.23. The average Bonchev–Trinajstić information content (AvgIpc) is 2.35. The van der Waals surface area contributed by atoms with Crippen LogP contribution in [0.1, 0.15) is 19.3 Å². The van der Waals surface area contributed by atoms with E-state index in [4.69, 9.17) is 21.4 Å². The Morgan fingerprint density at radius 1 is 1.40 bits per heavy atom. The number of nitrogens with one attached hydrogen (secondary N) is 2. The van der Waals surface area contributed by atoms with E-state index in [-0.39, 0.29) is 0 Å². The number of carboxylic acid groups (broad SMARTS) is 1. The van der Waals surface area contributed by atoms with Gasteiger partial charge in [-0.2, -0.15) is 0 Å². The van der Waals surface area contributed by atoms with Crippen LogP contribution in [0.15, 0.2) is 18.2 Å². The van der Waals surface area contributed by atoms with E-state index in [1.54, 1.807) is 18.2 Å². The topological polar surface area (TPSA) is 87.7 Å². The number of halogens is 1. The lowest BCUT2D eigenvalue weighted by atomic mass is 9.77. The van der Waals surface area contributed by atoms with E-state index in [0.717, 1.165) is 6.42 Å². The Hall–Kier alpha value is -1.95. The number of hydrogen-bond donors (Lipinski definition) is 3. The van der Waals surface area contributed by atoms with Crippen molar-refractivity contribution in [1.29, 1.82) is 0 Å². The van der Waals surface area contributed by atoms with Crippen molar-refractivity contribution >= 4 is 29.3 Å². The highest BCUT2D eigenvalue weighted by atomic mass is 35.5. The first-order valence-electron chi connectivity index (χ1n) is 6.13. The van der Waals surface area contributed by atoms with Gasteiger partial charge >= 0.3 is 12.0 Å². The van der Waals surface area contributed by atoms with E-state index < -0.39 is 17.5 Å². The molecule has 0 aromatic heterocycles. The van der Waals surface area contributed by atoms with Gasteiger partial charge in [0.1, 0.15) is 11.3 Å². The SMILES string of the molecule is COc1cc(NC(=O)NC2(C(=O)O)CCC2)ccc1Cl. The van der Waals surface area contributed by atoms with Gasteiger partial charge in [-0.1, -0.05) is 11.6 Å². The third-order valence-electron chi connectivity index (χ3n) is 3.38. The summed E-state index contributed by atoms with van der Waals surface area (Å²) in [4.78, 5) is 23.0. The van der Waals surface area contributed by atoms with E-state index in [0.29, 0.717) is 29.3 Å². The normalized spacial score (nSPS) is 15.9. The lowest BCUT2D eigenvalue weighted by Crippen LogP contribution is -2.60. The minimum atomic E-state index is -1.14. The second-order valence-corrected chi connectivity index (χ2v) is 5.08. The second-order valence-electron chi connectivity index (χ2n) is 4.67. The first-order valence-corrected chi connectivity index (χ1v) is 6.51. The zero-order chi connectivity index (χ0) is 14.8. The van der Waals surface area contributed by atoms with Gasteiger partial charge in [0.2, 0.25) is 0 Å². The molecule has 0 aliphatic heterocycles. The Bertz CT molecular complexity index is 543. The van der Waals surface area contributed by atoms with Gasteiger partial charge < -0.3 is 20.5 Å². The average molecular weight is 299 g/mol. The highest BCUT2D eigenvalue weighted by Gasteiger charge is 2.45. The summed E-state index contributed by atoms with van der Waals surface area (Å²) in [6.45, 7) is 0. The molecule has 1 aliphatic rings. The number of anilines is 1. The Kier molecular flexibility index (Phi) is 4.04. The van der Waals surface area contributed by atoms with E-state index in [9.17, 15) is 9.59 Å². The summed E-state index contributed by atoms with van der Waals surface area (Å²) in [5.74, 6) is -0.575. The molecular weight excluding hydrogens is 284 g/mol. The molecule has 0 spiro atoms. The molecule has 0 heterocycles. The maximum atomic E-state index is 11.9. The van der Waals surface area contributed by atoms with Crippen molar-refractivity contribution in [3.05, 3.63) is 23.2 Å². The number of hydrogen-bond acceptors (Lipinski definition) is 3. The van der Waals surface area contributed by atoms with Gasteiger partial charge in [-0.15, -0.1) is 0 Å². The van der Waals surface area contributed by atoms with Crippen molar-refractivity contribution in [2.24, 2.45) is 0 Å². The van der Waals surface area contributed by atoms with Gasteiger partial charge in [0.15, 0.2) is 0 Å². The summed E-state index contributed by atoms with van der Waals surface area (Å²) in [6.07, 6.45) is 1.68. The molecule has 6 nitrogen and oxygen atoms in total. The van der Waals surface area contributed by atoms with Crippen molar-refractivity contribution < 1.29 is 19.4 Å². The van der Waals surface area contributed by atoms with Crippen LogP contribution in [-0.4, -0.2) is 29.8 Å². The Balaban J connectivity index is 2.03. The number of aliphatic carboxylic acids is 1. The fourth-order valence-electron chi connectivity index (χ4n) is 2.04. The molecular formula is C13H15ClN2O4. The van der Waals surface area contributed by atoms with E-state index in [1.807, 2.05) is 0 Å². The van der Waals surface area contributed by atoms with Crippen molar-refractivity contribution in [2.45, 2.75) is 24.8 Å². The van der Waals surface area contributed by atoms with Gasteiger partial charge in [-0.3, -0.25) is 0 Å². The molecule has 0 bridgehead atoms. The van der Waals surface area contributed by atoms with E-state index in [1.165, 1.54) is 7.11 Å². The molecule has 2 rings (SSSR count). The number of carbonyl (C=O) groups excluding carboxylic acids is 1. The molecule has 0 unspecified atom stereocenters. The quantitative estimate of drug-likeness (QED) is 0.797. The van der Waals surface area contributed by atoms with Crippen LogP contribution in [-0.2, 0) is 4.79 Å². The van der Waals surface area contributed by atoms with Crippen molar-refractivity contribution in [2.75, 3.05) is 12.4 Å². The number of urea groups is 1. The summed E-state index contributed by atoms with van der Waals surface area (Å²) < 4.78 is 5.04. The summed E-state index contributed by atoms with van der Waals surface area (Å²) in [5, 5.41) is 14.6. The van der Waals surface area contributed by atoms with Gasteiger partial charge in [0.25, 0.3) is 0 Å². The number of ether oxygens (including phenoxy) is 1. The molecule has 1 aliphatic carbocycles. The summed E-state index contributed by atoms with van der Waals surface area (Å²) in [6, 6.07) is 4.21. The van der Waals surface area contributed by atoms with Crippen LogP contribution < -0.4 is 15.4 Å². The maximum Gasteiger partial charge on any atom is 0.329 e. The Morgan fingerprint density at radius 3 is 2.60 bits per heavy atom. The van der Waals surface area contributed by atoms with Gasteiger partial charge in [-0.05, 0) is 31.4 Å². The molecule has 0 radical (unpaired) electrons. The lowest BCUT2D eigenvalue weighted by Gasteiger charge is -2.38. The number of benzene rings is 1. The first-order chi connectivity index (χ1) is 9.47. The maximum absolute atomic E-state index is 11.9. The summed E-state index contributed by atoms with van der Waals surface area (Å²) in [5.41, 5.74) is -0.663. The van der Waals surface area contributed by atoms with Crippen LogP contribution in [0.4, 0.5) is 10.5 Å². The molecule has 2 amide bonds. The second kappa shape index (κ2) is 5.58. The lowest BCUT2D eigenvalue weighted by molar-refractivity contribution is -0.148. The van der Waals surface area contributed by atoms with Crippen LogP contribution in [0.5, 0.6) is 5.75 Å². The number of methoxy groups -OCH3 is 1. The van der Waals surface area contributed by atoms with Gasteiger partial charge in [-0.25, -0.2) is 9.59 Å².